The number of halogens is 1. The third-order valence-electron chi connectivity index (χ3n) is 2.35. The van der Waals surface area contributed by atoms with Crippen molar-refractivity contribution in [1.29, 1.82) is 0 Å². The first-order valence-electron chi connectivity index (χ1n) is 5.52. The molecule has 18 heavy (non-hydrogen) atoms. The van der Waals surface area contributed by atoms with Gasteiger partial charge in [0.25, 0.3) is 0 Å². The highest BCUT2D eigenvalue weighted by Gasteiger charge is 2.18. The molecule has 1 N–H and O–H groups in total. The van der Waals surface area contributed by atoms with Crippen LogP contribution >= 0.6 is 27.3 Å². The molecule has 2 rings (SSSR count). The molecule has 4 nitrogen and oxygen atoms in total. The van der Waals surface area contributed by atoms with Crippen molar-refractivity contribution in [2.45, 2.75) is 20.4 Å². The minimum atomic E-state index is -0.940. The molecule has 0 bridgehead atoms. The standard InChI is InChI=1S/C12H13BrN2O2S/c1-7(2)4-15-5-9(12(16)17)11(14-15)10-3-8(13)6-18-10/h3,5-7H,4H2,1-2H3,(H,16,17). The van der Waals surface area contributed by atoms with E-state index in [-0.39, 0.29) is 5.56 Å². The van der Waals surface area contributed by atoms with Crippen molar-refractivity contribution in [1.82, 2.24) is 9.78 Å². The molecule has 0 amide bonds. The average Bonchev–Trinajstić information content (AvgIpc) is 2.83. The van der Waals surface area contributed by atoms with Crippen molar-refractivity contribution in [3.05, 3.63) is 27.7 Å². The molecule has 0 aromatic carbocycles. The van der Waals surface area contributed by atoms with Crippen LogP contribution in [-0.2, 0) is 6.54 Å². The first-order chi connectivity index (χ1) is 8.47. The number of nitrogens with zero attached hydrogens (tertiary/aromatic N) is 2. The summed E-state index contributed by atoms with van der Waals surface area (Å²) < 4.78 is 2.65. The summed E-state index contributed by atoms with van der Waals surface area (Å²) in [6, 6.07) is 1.89. The summed E-state index contributed by atoms with van der Waals surface area (Å²) >= 11 is 4.85. The fraction of sp³-hybridized carbons (Fsp3) is 0.333. The van der Waals surface area contributed by atoms with Crippen LogP contribution in [0, 0.1) is 5.92 Å². The summed E-state index contributed by atoms with van der Waals surface area (Å²) in [5.41, 5.74) is 0.795. The molecule has 0 saturated carbocycles. The summed E-state index contributed by atoms with van der Waals surface area (Å²) in [5, 5.41) is 15.5. The molecule has 96 valence electrons. The van der Waals surface area contributed by atoms with Crippen LogP contribution in [0.25, 0.3) is 10.6 Å². The lowest BCUT2D eigenvalue weighted by molar-refractivity contribution is 0.0697. The van der Waals surface area contributed by atoms with Gasteiger partial charge in [0.05, 0.1) is 4.88 Å². The molecule has 0 aliphatic heterocycles. The highest BCUT2D eigenvalue weighted by molar-refractivity contribution is 9.10. The molecule has 2 heterocycles. The summed E-state index contributed by atoms with van der Waals surface area (Å²) in [7, 11) is 0. The van der Waals surface area contributed by atoms with E-state index in [1.54, 1.807) is 10.9 Å². The second-order valence-electron chi connectivity index (χ2n) is 4.44. The topological polar surface area (TPSA) is 55.1 Å². The van der Waals surface area contributed by atoms with Gasteiger partial charge in [0.2, 0.25) is 0 Å². The quantitative estimate of drug-likeness (QED) is 0.930. The Kier molecular flexibility index (Phi) is 3.87. The summed E-state index contributed by atoms with van der Waals surface area (Å²) in [5.74, 6) is -0.515. The van der Waals surface area contributed by atoms with Gasteiger partial charge in [-0.2, -0.15) is 5.10 Å². The Bertz CT molecular complexity index is 574. The van der Waals surface area contributed by atoms with Crippen molar-refractivity contribution in [3.63, 3.8) is 0 Å². The number of carboxylic acid groups (broad SMARTS) is 1. The number of hydrogen-bond acceptors (Lipinski definition) is 3. The maximum absolute atomic E-state index is 11.2. The number of rotatable bonds is 4. The van der Waals surface area contributed by atoms with Gasteiger partial charge in [0.1, 0.15) is 11.3 Å². The van der Waals surface area contributed by atoms with E-state index in [2.05, 4.69) is 34.9 Å². The number of carbonyl (C=O) groups is 1. The predicted molar refractivity (Wildman–Crippen MR) is 75.0 cm³/mol. The van der Waals surface area contributed by atoms with E-state index >= 15 is 0 Å². The smallest absolute Gasteiger partial charge is 0.339 e. The molecule has 2 aromatic heterocycles. The molecule has 6 heteroatoms. The maximum atomic E-state index is 11.2. The highest BCUT2D eigenvalue weighted by Crippen LogP contribution is 2.31. The van der Waals surface area contributed by atoms with Crippen molar-refractivity contribution in [3.8, 4) is 10.6 Å². The van der Waals surface area contributed by atoms with Gasteiger partial charge < -0.3 is 5.11 Å². The summed E-state index contributed by atoms with van der Waals surface area (Å²) in [6.45, 7) is 4.86. The van der Waals surface area contributed by atoms with Crippen molar-refractivity contribution >= 4 is 33.2 Å². The SMILES string of the molecule is CC(C)Cn1cc(C(=O)O)c(-c2cc(Br)cs2)n1. The normalized spacial score (nSPS) is 11.1. The van der Waals surface area contributed by atoms with E-state index in [0.29, 0.717) is 18.2 Å². The molecule has 0 aliphatic rings. The lowest BCUT2D eigenvalue weighted by Crippen LogP contribution is -2.04. The Balaban J connectivity index is 2.44. The van der Waals surface area contributed by atoms with E-state index in [1.165, 1.54) is 11.3 Å². The van der Waals surface area contributed by atoms with Gasteiger partial charge in [-0.25, -0.2) is 4.79 Å². The van der Waals surface area contributed by atoms with Gasteiger partial charge in [0.15, 0.2) is 0 Å². The second-order valence-corrected chi connectivity index (χ2v) is 6.27. The van der Waals surface area contributed by atoms with E-state index in [9.17, 15) is 9.90 Å². The van der Waals surface area contributed by atoms with Crippen LogP contribution in [0.3, 0.4) is 0 Å². The average molecular weight is 329 g/mol. The number of carboxylic acids is 1. The van der Waals surface area contributed by atoms with Gasteiger partial charge in [0, 0.05) is 22.6 Å². The monoisotopic (exact) mass is 328 g/mol. The van der Waals surface area contributed by atoms with E-state index in [4.69, 9.17) is 0 Å². The predicted octanol–water partition coefficient (Wildman–Crippen LogP) is 3.73. The van der Waals surface area contributed by atoms with Gasteiger partial charge in [-0.3, -0.25) is 4.68 Å². The summed E-state index contributed by atoms with van der Waals surface area (Å²) in [4.78, 5) is 12.1. The molecule has 0 atom stereocenters. The van der Waals surface area contributed by atoms with E-state index in [1.807, 2.05) is 11.4 Å². The number of aromatic nitrogens is 2. The van der Waals surface area contributed by atoms with Gasteiger partial charge in [-0.1, -0.05) is 13.8 Å². The number of hydrogen-bond donors (Lipinski definition) is 1. The van der Waals surface area contributed by atoms with Crippen LogP contribution in [0.2, 0.25) is 0 Å². The lowest BCUT2D eigenvalue weighted by Gasteiger charge is -2.03. The molecule has 0 saturated heterocycles. The lowest BCUT2D eigenvalue weighted by atomic mass is 10.2. The maximum Gasteiger partial charge on any atom is 0.339 e. The highest BCUT2D eigenvalue weighted by atomic mass is 79.9. The Morgan fingerprint density at radius 2 is 2.33 bits per heavy atom. The van der Waals surface area contributed by atoms with Gasteiger partial charge in [-0.15, -0.1) is 11.3 Å². The first-order valence-corrected chi connectivity index (χ1v) is 7.19. The first kappa shape index (κ1) is 13.3. The van der Waals surface area contributed by atoms with Crippen LogP contribution < -0.4 is 0 Å². The minimum absolute atomic E-state index is 0.255. The van der Waals surface area contributed by atoms with Gasteiger partial charge >= 0.3 is 5.97 Å². The molecule has 0 aliphatic carbocycles. The number of thiophene rings is 1. The Morgan fingerprint density at radius 1 is 1.61 bits per heavy atom. The Hall–Kier alpha value is -1.14. The molecule has 0 unspecified atom stereocenters. The zero-order chi connectivity index (χ0) is 13.3. The third kappa shape index (κ3) is 2.81. The Morgan fingerprint density at radius 3 is 2.83 bits per heavy atom. The van der Waals surface area contributed by atoms with Crippen LogP contribution in [0.4, 0.5) is 0 Å². The fourth-order valence-electron chi connectivity index (χ4n) is 1.66. The van der Waals surface area contributed by atoms with E-state index < -0.39 is 5.97 Å². The van der Waals surface area contributed by atoms with Crippen LogP contribution in [0.5, 0.6) is 0 Å². The Labute approximate surface area is 117 Å². The third-order valence-corrected chi connectivity index (χ3v) is 4.04. The van der Waals surface area contributed by atoms with E-state index in [0.717, 1.165) is 9.35 Å². The number of aromatic carboxylic acids is 1. The van der Waals surface area contributed by atoms with Crippen LogP contribution in [0.1, 0.15) is 24.2 Å². The largest absolute Gasteiger partial charge is 0.478 e. The van der Waals surface area contributed by atoms with Crippen molar-refractivity contribution in [2.24, 2.45) is 5.92 Å². The summed E-state index contributed by atoms with van der Waals surface area (Å²) in [6.07, 6.45) is 1.60. The zero-order valence-electron chi connectivity index (χ0n) is 10.1. The molecule has 0 fully saturated rings. The van der Waals surface area contributed by atoms with Crippen LogP contribution in [-0.4, -0.2) is 20.9 Å². The second kappa shape index (κ2) is 5.24. The van der Waals surface area contributed by atoms with Crippen molar-refractivity contribution in [2.75, 3.05) is 0 Å². The molecule has 0 spiro atoms. The molecular weight excluding hydrogens is 316 g/mol. The zero-order valence-corrected chi connectivity index (χ0v) is 12.5. The molecule has 2 aromatic rings. The minimum Gasteiger partial charge on any atom is -0.478 e. The van der Waals surface area contributed by atoms with Crippen molar-refractivity contribution < 1.29 is 9.90 Å². The molecular formula is C12H13BrN2O2S. The van der Waals surface area contributed by atoms with Gasteiger partial charge in [-0.05, 0) is 27.9 Å². The van der Waals surface area contributed by atoms with Crippen LogP contribution in [0.15, 0.2) is 22.1 Å². The fourth-order valence-corrected chi connectivity index (χ4v) is 3.09. The molecule has 0 radical (unpaired) electrons.